The van der Waals surface area contributed by atoms with Crippen molar-refractivity contribution >= 4 is 28.3 Å². The van der Waals surface area contributed by atoms with Crippen LogP contribution in [0.1, 0.15) is 39.9 Å². The molecule has 27 heavy (non-hydrogen) atoms. The number of hydrogen-bond acceptors (Lipinski definition) is 6. The molecule has 8 heteroatoms. The second kappa shape index (κ2) is 7.71. The molecule has 138 valence electrons. The molecule has 7 nitrogen and oxygen atoms in total. The van der Waals surface area contributed by atoms with E-state index in [2.05, 4.69) is 20.8 Å². The van der Waals surface area contributed by atoms with Crippen LogP contribution in [0.15, 0.2) is 53.1 Å². The van der Waals surface area contributed by atoms with Gasteiger partial charge < -0.3 is 9.73 Å². The number of carbonyl (C=O) groups excluding carboxylic acids is 2. The van der Waals surface area contributed by atoms with E-state index in [4.69, 9.17) is 4.42 Å². The first-order chi connectivity index (χ1) is 13.2. The molecule has 1 saturated carbocycles. The Labute approximate surface area is 159 Å². The second-order valence-corrected chi connectivity index (χ2v) is 7.41. The zero-order valence-corrected chi connectivity index (χ0v) is 15.2. The number of rotatable bonds is 7. The van der Waals surface area contributed by atoms with Crippen LogP contribution in [-0.2, 0) is 11.2 Å². The Balaban J connectivity index is 1.48. The number of anilines is 1. The van der Waals surface area contributed by atoms with Gasteiger partial charge in [-0.3, -0.25) is 14.9 Å². The van der Waals surface area contributed by atoms with Crippen LogP contribution in [0.5, 0.6) is 0 Å². The largest absolute Gasteiger partial charge is 0.459 e. The average molecular weight is 382 g/mol. The van der Waals surface area contributed by atoms with Crippen LogP contribution in [0.2, 0.25) is 0 Å². The molecule has 1 aliphatic rings. The third-order valence-corrected chi connectivity index (χ3v) is 5.25. The monoisotopic (exact) mass is 382 g/mol. The van der Waals surface area contributed by atoms with Gasteiger partial charge in [-0.1, -0.05) is 41.7 Å². The molecule has 0 aliphatic heterocycles. The molecule has 1 unspecified atom stereocenters. The summed E-state index contributed by atoms with van der Waals surface area (Å²) < 4.78 is 5.12. The summed E-state index contributed by atoms with van der Waals surface area (Å²) in [4.78, 5) is 25.2. The first-order valence-corrected chi connectivity index (χ1v) is 9.53. The van der Waals surface area contributed by atoms with E-state index in [1.807, 2.05) is 30.3 Å². The fourth-order valence-corrected chi connectivity index (χ4v) is 3.58. The lowest BCUT2D eigenvalue weighted by Crippen LogP contribution is -2.45. The first-order valence-electron chi connectivity index (χ1n) is 8.71. The summed E-state index contributed by atoms with van der Waals surface area (Å²) in [6, 6.07) is 11.9. The molecule has 1 aliphatic carbocycles. The zero-order valence-electron chi connectivity index (χ0n) is 14.4. The summed E-state index contributed by atoms with van der Waals surface area (Å²) in [5, 5.41) is 15.1. The number of aromatic nitrogens is 2. The number of benzene rings is 1. The van der Waals surface area contributed by atoms with Gasteiger partial charge in [0.2, 0.25) is 11.0 Å². The Kier molecular flexibility index (Phi) is 4.97. The third kappa shape index (κ3) is 4.40. The maximum atomic E-state index is 12.8. The normalized spacial score (nSPS) is 14.5. The van der Waals surface area contributed by atoms with Crippen LogP contribution in [0.25, 0.3) is 0 Å². The average Bonchev–Trinajstić information content (AvgIpc) is 3.18. The molecule has 4 rings (SSSR count). The maximum Gasteiger partial charge on any atom is 0.287 e. The summed E-state index contributed by atoms with van der Waals surface area (Å²) in [7, 11) is 0. The van der Waals surface area contributed by atoms with E-state index in [9.17, 15) is 9.59 Å². The number of nitrogens with one attached hydrogen (secondary N) is 2. The van der Waals surface area contributed by atoms with Gasteiger partial charge in [0.25, 0.3) is 5.91 Å². The molecule has 2 amide bonds. The lowest BCUT2D eigenvalue weighted by molar-refractivity contribution is -0.118. The van der Waals surface area contributed by atoms with Crippen molar-refractivity contribution in [2.24, 2.45) is 0 Å². The first kappa shape index (κ1) is 17.4. The van der Waals surface area contributed by atoms with Crippen molar-refractivity contribution in [2.45, 2.75) is 31.2 Å². The van der Waals surface area contributed by atoms with Gasteiger partial charge in [-0.15, -0.1) is 10.2 Å². The molecule has 1 fully saturated rings. The van der Waals surface area contributed by atoms with Crippen LogP contribution in [0.4, 0.5) is 5.13 Å². The van der Waals surface area contributed by atoms with Crippen molar-refractivity contribution in [3.63, 3.8) is 0 Å². The topological polar surface area (TPSA) is 97.1 Å². The smallest absolute Gasteiger partial charge is 0.287 e. The summed E-state index contributed by atoms with van der Waals surface area (Å²) >= 11 is 1.39. The molecular formula is C19H18N4O3S. The van der Waals surface area contributed by atoms with Crippen molar-refractivity contribution in [1.29, 1.82) is 0 Å². The second-order valence-electron chi connectivity index (χ2n) is 6.40. The molecule has 2 heterocycles. The molecule has 0 spiro atoms. The van der Waals surface area contributed by atoms with Crippen molar-refractivity contribution in [3.05, 3.63) is 65.1 Å². The summed E-state index contributed by atoms with van der Waals surface area (Å²) in [5.41, 5.74) is 0.938. The van der Waals surface area contributed by atoms with E-state index in [0.717, 1.165) is 23.4 Å². The van der Waals surface area contributed by atoms with Crippen molar-refractivity contribution in [1.82, 2.24) is 15.5 Å². The van der Waals surface area contributed by atoms with Crippen molar-refractivity contribution < 1.29 is 14.0 Å². The van der Waals surface area contributed by atoms with Crippen molar-refractivity contribution in [2.75, 3.05) is 5.32 Å². The summed E-state index contributed by atoms with van der Waals surface area (Å²) in [6.07, 6.45) is 4.02. The van der Waals surface area contributed by atoms with Crippen LogP contribution >= 0.6 is 11.3 Å². The van der Waals surface area contributed by atoms with E-state index in [0.29, 0.717) is 17.5 Å². The van der Waals surface area contributed by atoms with Crippen molar-refractivity contribution in [3.8, 4) is 0 Å². The highest BCUT2D eigenvalue weighted by Crippen LogP contribution is 2.42. The van der Waals surface area contributed by atoms with E-state index in [-0.39, 0.29) is 11.7 Å². The fourth-order valence-electron chi connectivity index (χ4n) is 2.67. The molecule has 2 aromatic heterocycles. The summed E-state index contributed by atoms with van der Waals surface area (Å²) in [5.74, 6) is -0.135. The van der Waals surface area contributed by atoms with Gasteiger partial charge in [0.1, 0.15) is 11.0 Å². The SMILES string of the molecule is O=C(NC(Cc1ccccc1)C(=O)Nc1nnc(C2CC2)s1)c1ccco1. The number of carbonyl (C=O) groups is 2. The predicted molar refractivity (Wildman–Crippen MR) is 101 cm³/mol. The van der Waals surface area contributed by atoms with Gasteiger partial charge in [0.15, 0.2) is 5.76 Å². The standard InChI is InChI=1S/C19H18N4O3S/c24-16(21-19-23-22-18(27-19)13-8-9-13)14(11-12-5-2-1-3-6-12)20-17(25)15-7-4-10-26-15/h1-7,10,13-14H,8-9,11H2,(H,20,25)(H,21,23,24). The molecule has 2 N–H and O–H groups in total. The molecule has 1 aromatic carbocycles. The molecule has 1 atom stereocenters. The van der Waals surface area contributed by atoms with E-state index >= 15 is 0 Å². The minimum atomic E-state index is -0.765. The van der Waals surface area contributed by atoms with Crippen LogP contribution < -0.4 is 10.6 Å². The Bertz CT molecular complexity index is 920. The molecule has 3 aromatic rings. The fraction of sp³-hybridized carbons (Fsp3) is 0.263. The number of nitrogens with zero attached hydrogens (tertiary/aromatic N) is 2. The van der Waals surface area contributed by atoms with Gasteiger partial charge >= 0.3 is 0 Å². The van der Waals surface area contributed by atoms with E-state index in [1.54, 1.807) is 12.1 Å². The molecular weight excluding hydrogens is 364 g/mol. The van der Waals surface area contributed by atoms with Gasteiger partial charge in [0.05, 0.1) is 6.26 Å². The van der Waals surface area contributed by atoms with Crippen LogP contribution in [-0.4, -0.2) is 28.1 Å². The summed E-state index contributed by atoms with van der Waals surface area (Å²) in [6.45, 7) is 0. The Morgan fingerprint density at radius 3 is 2.67 bits per heavy atom. The van der Waals surface area contributed by atoms with Gasteiger partial charge in [-0.05, 0) is 30.5 Å². The predicted octanol–water partition coefficient (Wildman–Crippen LogP) is 2.99. The highest BCUT2D eigenvalue weighted by molar-refractivity contribution is 7.15. The van der Waals surface area contributed by atoms with Gasteiger partial charge in [0, 0.05) is 12.3 Å². The third-order valence-electron chi connectivity index (χ3n) is 4.25. The molecule has 0 radical (unpaired) electrons. The van der Waals surface area contributed by atoms with E-state index in [1.165, 1.54) is 17.6 Å². The lowest BCUT2D eigenvalue weighted by atomic mass is 10.1. The number of hydrogen-bond donors (Lipinski definition) is 2. The Hall–Kier alpha value is -3.00. The van der Waals surface area contributed by atoms with Gasteiger partial charge in [-0.25, -0.2) is 0 Å². The van der Waals surface area contributed by atoms with Crippen LogP contribution in [0, 0.1) is 0 Å². The van der Waals surface area contributed by atoms with E-state index < -0.39 is 11.9 Å². The van der Waals surface area contributed by atoms with Crippen LogP contribution in [0.3, 0.4) is 0 Å². The molecule has 0 bridgehead atoms. The minimum Gasteiger partial charge on any atom is -0.459 e. The number of amides is 2. The Morgan fingerprint density at radius 1 is 1.15 bits per heavy atom. The lowest BCUT2D eigenvalue weighted by Gasteiger charge is -2.17. The molecule has 0 saturated heterocycles. The Morgan fingerprint density at radius 2 is 1.96 bits per heavy atom. The zero-order chi connectivity index (χ0) is 18.6. The maximum absolute atomic E-state index is 12.8. The highest BCUT2D eigenvalue weighted by atomic mass is 32.1. The minimum absolute atomic E-state index is 0.160. The number of furan rings is 1. The van der Waals surface area contributed by atoms with Gasteiger partial charge in [-0.2, -0.15) is 0 Å². The quantitative estimate of drug-likeness (QED) is 0.655. The highest BCUT2D eigenvalue weighted by Gasteiger charge is 2.29.